The number of benzene rings is 1. The SMILES string of the molecule is COc1nnc(NC(=O)c2cnc(C)cc2-c2ccccc2)s1. The first-order valence-corrected chi connectivity index (χ1v) is 7.70. The van der Waals surface area contributed by atoms with Gasteiger partial charge < -0.3 is 4.74 Å². The lowest BCUT2D eigenvalue weighted by atomic mass is 10.0. The molecule has 0 bridgehead atoms. The fourth-order valence-corrected chi connectivity index (χ4v) is 2.66. The molecule has 3 aromatic rings. The van der Waals surface area contributed by atoms with Gasteiger partial charge in [0.2, 0.25) is 5.13 Å². The van der Waals surface area contributed by atoms with E-state index in [9.17, 15) is 4.79 Å². The van der Waals surface area contributed by atoms with Gasteiger partial charge in [0.1, 0.15) is 0 Å². The lowest BCUT2D eigenvalue weighted by Crippen LogP contribution is -2.13. The van der Waals surface area contributed by atoms with E-state index in [1.54, 1.807) is 6.20 Å². The molecule has 2 aromatic heterocycles. The number of anilines is 1. The number of nitrogens with zero attached hydrogens (tertiary/aromatic N) is 3. The van der Waals surface area contributed by atoms with Crippen molar-refractivity contribution < 1.29 is 9.53 Å². The molecule has 0 radical (unpaired) electrons. The van der Waals surface area contributed by atoms with E-state index in [0.717, 1.165) is 28.2 Å². The predicted octanol–water partition coefficient (Wildman–Crippen LogP) is 3.17. The average Bonchev–Trinajstić information content (AvgIpc) is 3.03. The summed E-state index contributed by atoms with van der Waals surface area (Å²) >= 11 is 1.16. The van der Waals surface area contributed by atoms with Crippen LogP contribution in [-0.2, 0) is 0 Å². The van der Waals surface area contributed by atoms with Crippen molar-refractivity contribution in [2.24, 2.45) is 0 Å². The van der Waals surface area contributed by atoms with Crippen LogP contribution in [0.15, 0.2) is 42.6 Å². The lowest BCUT2D eigenvalue weighted by Gasteiger charge is -2.09. The fraction of sp³-hybridized carbons (Fsp3) is 0.125. The fourth-order valence-electron chi connectivity index (χ4n) is 2.10. The maximum atomic E-state index is 12.6. The molecule has 7 heteroatoms. The Hall–Kier alpha value is -2.80. The molecule has 0 saturated heterocycles. The third kappa shape index (κ3) is 3.35. The molecule has 0 fully saturated rings. The van der Waals surface area contributed by atoms with Gasteiger partial charge in [-0.2, -0.15) is 0 Å². The minimum atomic E-state index is -0.282. The Labute approximate surface area is 137 Å². The van der Waals surface area contributed by atoms with Gasteiger partial charge >= 0.3 is 0 Å². The molecule has 23 heavy (non-hydrogen) atoms. The summed E-state index contributed by atoms with van der Waals surface area (Å²) in [6, 6.07) is 11.6. The Morgan fingerprint density at radius 3 is 2.70 bits per heavy atom. The second kappa shape index (κ2) is 6.53. The van der Waals surface area contributed by atoms with Crippen LogP contribution >= 0.6 is 11.3 Å². The van der Waals surface area contributed by atoms with Gasteiger partial charge in [0, 0.05) is 11.9 Å². The molecule has 0 aliphatic heterocycles. The van der Waals surface area contributed by atoms with Crippen LogP contribution in [0.1, 0.15) is 16.1 Å². The number of pyridine rings is 1. The van der Waals surface area contributed by atoms with E-state index in [1.807, 2.05) is 43.3 Å². The molecule has 0 atom stereocenters. The predicted molar refractivity (Wildman–Crippen MR) is 88.8 cm³/mol. The molecule has 1 amide bonds. The number of ether oxygens (including phenoxy) is 1. The zero-order valence-electron chi connectivity index (χ0n) is 12.6. The standard InChI is InChI=1S/C16H14N4O2S/c1-10-8-12(11-6-4-3-5-7-11)13(9-17-10)14(21)18-15-19-20-16(22-2)23-15/h3-9H,1-2H3,(H,18,19,21). The quantitative estimate of drug-likeness (QED) is 0.797. The van der Waals surface area contributed by atoms with E-state index >= 15 is 0 Å². The number of aryl methyl sites for hydroxylation is 1. The number of carbonyl (C=O) groups excluding carboxylic acids is 1. The normalized spacial score (nSPS) is 10.3. The van der Waals surface area contributed by atoms with Crippen LogP contribution in [0.5, 0.6) is 5.19 Å². The van der Waals surface area contributed by atoms with Gasteiger partial charge in [-0.25, -0.2) is 0 Å². The Bertz CT molecular complexity index is 833. The van der Waals surface area contributed by atoms with E-state index < -0.39 is 0 Å². The second-order valence-electron chi connectivity index (χ2n) is 4.77. The summed E-state index contributed by atoms with van der Waals surface area (Å²) in [4.78, 5) is 16.8. The van der Waals surface area contributed by atoms with Crippen molar-refractivity contribution in [2.45, 2.75) is 6.92 Å². The second-order valence-corrected chi connectivity index (χ2v) is 5.71. The van der Waals surface area contributed by atoms with Crippen molar-refractivity contribution in [2.75, 3.05) is 12.4 Å². The van der Waals surface area contributed by atoms with E-state index in [2.05, 4.69) is 20.5 Å². The number of rotatable bonds is 4. The van der Waals surface area contributed by atoms with Crippen LogP contribution in [0, 0.1) is 6.92 Å². The molecule has 0 saturated carbocycles. The van der Waals surface area contributed by atoms with Crippen molar-refractivity contribution >= 4 is 22.4 Å². The summed E-state index contributed by atoms with van der Waals surface area (Å²) in [6.07, 6.45) is 1.57. The molecule has 1 N–H and O–H groups in total. The van der Waals surface area contributed by atoms with Crippen molar-refractivity contribution in [3.05, 3.63) is 53.9 Å². The van der Waals surface area contributed by atoms with E-state index in [0.29, 0.717) is 15.9 Å². The zero-order valence-corrected chi connectivity index (χ0v) is 13.4. The molecule has 1 aromatic carbocycles. The van der Waals surface area contributed by atoms with E-state index in [1.165, 1.54) is 7.11 Å². The van der Waals surface area contributed by atoms with Crippen LogP contribution in [0.2, 0.25) is 0 Å². The highest BCUT2D eigenvalue weighted by Gasteiger charge is 2.16. The first kappa shape index (κ1) is 15.1. The van der Waals surface area contributed by atoms with E-state index in [-0.39, 0.29) is 5.91 Å². The van der Waals surface area contributed by atoms with E-state index in [4.69, 9.17) is 4.74 Å². The average molecular weight is 326 g/mol. The highest BCUT2D eigenvalue weighted by molar-refractivity contribution is 7.17. The molecule has 2 heterocycles. The number of aromatic nitrogens is 3. The van der Waals surface area contributed by atoms with Gasteiger partial charge in [0.15, 0.2) is 0 Å². The Balaban J connectivity index is 1.94. The van der Waals surface area contributed by atoms with Gasteiger partial charge in [0.25, 0.3) is 11.1 Å². The van der Waals surface area contributed by atoms with Crippen molar-refractivity contribution in [1.82, 2.24) is 15.2 Å². The minimum Gasteiger partial charge on any atom is -0.472 e. The Kier molecular flexibility index (Phi) is 4.29. The summed E-state index contributed by atoms with van der Waals surface area (Å²) in [7, 11) is 1.50. The van der Waals surface area contributed by atoms with Crippen LogP contribution in [-0.4, -0.2) is 28.2 Å². The maximum absolute atomic E-state index is 12.6. The first-order valence-electron chi connectivity index (χ1n) is 6.88. The summed E-state index contributed by atoms with van der Waals surface area (Å²) in [5.74, 6) is -0.282. The molecule has 3 rings (SSSR count). The van der Waals surface area contributed by atoms with Gasteiger partial charge in [-0.3, -0.25) is 15.1 Å². The molecular weight excluding hydrogens is 312 g/mol. The topological polar surface area (TPSA) is 77.0 Å². The summed E-state index contributed by atoms with van der Waals surface area (Å²) in [6.45, 7) is 1.89. The monoisotopic (exact) mass is 326 g/mol. The number of nitrogens with one attached hydrogen (secondary N) is 1. The van der Waals surface area contributed by atoms with Gasteiger partial charge in [-0.15, -0.1) is 5.10 Å². The summed E-state index contributed by atoms with van der Waals surface area (Å²) in [5.41, 5.74) is 3.11. The molecule has 0 spiro atoms. The molecular formula is C16H14N4O2S. The first-order chi connectivity index (χ1) is 11.2. The highest BCUT2D eigenvalue weighted by Crippen LogP contribution is 2.26. The maximum Gasteiger partial charge on any atom is 0.295 e. The molecule has 6 nitrogen and oxygen atoms in total. The van der Waals surface area contributed by atoms with Crippen molar-refractivity contribution in [1.29, 1.82) is 0 Å². The minimum absolute atomic E-state index is 0.282. The summed E-state index contributed by atoms with van der Waals surface area (Å²) in [5, 5.41) is 11.2. The molecule has 0 unspecified atom stereocenters. The van der Waals surface area contributed by atoms with Crippen LogP contribution in [0.3, 0.4) is 0 Å². The number of methoxy groups -OCH3 is 1. The number of hydrogen-bond donors (Lipinski definition) is 1. The third-order valence-corrected chi connectivity index (χ3v) is 3.97. The van der Waals surface area contributed by atoms with Crippen molar-refractivity contribution in [3.63, 3.8) is 0 Å². The van der Waals surface area contributed by atoms with Gasteiger partial charge in [-0.05, 0) is 35.5 Å². The highest BCUT2D eigenvalue weighted by atomic mass is 32.1. The number of carbonyl (C=O) groups is 1. The third-order valence-electron chi connectivity index (χ3n) is 3.17. The Morgan fingerprint density at radius 2 is 2.00 bits per heavy atom. The smallest absolute Gasteiger partial charge is 0.295 e. The molecule has 116 valence electrons. The number of hydrogen-bond acceptors (Lipinski definition) is 6. The van der Waals surface area contributed by atoms with Crippen LogP contribution in [0.25, 0.3) is 11.1 Å². The molecule has 0 aliphatic rings. The van der Waals surface area contributed by atoms with Crippen molar-refractivity contribution in [3.8, 4) is 16.3 Å². The zero-order chi connectivity index (χ0) is 16.2. The van der Waals surface area contributed by atoms with Crippen LogP contribution < -0.4 is 10.1 Å². The lowest BCUT2D eigenvalue weighted by molar-refractivity contribution is 0.102. The molecule has 0 aliphatic carbocycles. The number of amides is 1. The van der Waals surface area contributed by atoms with Crippen LogP contribution in [0.4, 0.5) is 5.13 Å². The van der Waals surface area contributed by atoms with Gasteiger partial charge in [-0.1, -0.05) is 35.4 Å². The largest absolute Gasteiger partial charge is 0.472 e. The Morgan fingerprint density at radius 1 is 1.22 bits per heavy atom. The van der Waals surface area contributed by atoms with Gasteiger partial charge in [0.05, 0.1) is 12.7 Å². The summed E-state index contributed by atoms with van der Waals surface area (Å²) < 4.78 is 4.97.